The molecule has 0 bridgehead atoms. The number of fused-ring (bicyclic) bond motifs is 1. The van der Waals surface area contributed by atoms with Crippen LogP contribution in [0, 0.1) is 6.92 Å². The molecule has 0 saturated heterocycles. The topological polar surface area (TPSA) is 41.6 Å². The Morgan fingerprint density at radius 1 is 1.50 bits per heavy atom. The van der Waals surface area contributed by atoms with E-state index in [9.17, 15) is 4.79 Å². The number of rotatable bonds is 0. The van der Waals surface area contributed by atoms with E-state index in [4.69, 9.17) is 4.74 Å². The molecule has 0 atom stereocenters. The molecule has 0 radical (unpaired) electrons. The quantitative estimate of drug-likeness (QED) is 0.676. The van der Waals surface area contributed by atoms with Crippen molar-refractivity contribution in [3.8, 4) is 5.75 Å². The summed E-state index contributed by atoms with van der Waals surface area (Å²) in [4.78, 5) is 13.0. The third-order valence-electron chi connectivity index (χ3n) is 2.29. The molecule has 4 nitrogen and oxygen atoms in total. The van der Waals surface area contributed by atoms with Gasteiger partial charge in [0, 0.05) is 7.05 Å². The fraction of sp³-hybridized carbons (Fsp3) is 0.300. The highest BCUT2D eigenvalue weighted by Crippen LogP contribution is 2.32. The maximum absolute atomic E-state index is 11.5. The van der Waals surface area contributed by atoms with Crippen molar-refractivity contribution >= 4 is 11.7 Å². The summed E-state index contributed by atoms with van der Waals surface area (Å²) >= 11 is 0. The molecule has 1 aromatic carbocycles. The molecular weight excluding hydrogens is 180 g/mol. The molecule has 1 heterocycles. The predicted molar refractivity (Wildman–Crippen MR) is 53.6 cm³/mol. The first-order valence-electron chi connectivity index (χ1n) is 4.44. The van der Waals surface area contributed by atoms with Crippen LogP contribution in [0.15, 0.2) is 18.2 Å². The number of carbonyl (C=O) groups is 1. The van der Waals surface area contributed by atoms with E-state index in [0.29, 0.717) is 0 Å². The van der Waals surface area contributed by atoms with Gasteiger partial charge in [0.15, 0.2) is 6.73 Å². The zero-order valence-corrected chi connectivity index (χ0v) is 8.20. The first-order chi connectivity index (χ1) is 6.70. The van der Waals surface area contributed by atoms with Crippen molar-refractivity contribution in [3.05, 3.63) is 23.8 Å². The lowest BCUT2D eigenvalue weighted by Crippen LogP contribution is -2.36. The molecule has 74 valence electrons. The van der Waals surface area contributed by atoms with E-state index < -0.39 is 0 Å². The second-order valence-corrected chi connectivity index (χ2v) is 3.25. The van der Waals surface area contributed by atoms with Crippen molar-refractivity contribution in [1.29, 1.82) is 0 Å². The molecule has 1 aromatic rings. The molecule has 2 amide bonds. The average molecular weight is 192 g/mol. The molecule has 1 aliphatic heterocycles. The van der Waals surface area contributed by atoms with E-state index in [1.165, 1.54) is 0 Å². The number of hydrogen-bond acceptors (Lipinski definition) is 2. The normalized spacial score (nSPS) is 15.3. The molecule has 1 aliphatic rings. The van der Waals surface area contributed by atoms with Crippen molar-refractivity contribution < 1.29 is 9.53 Å². The second kappa shape index (κ2) is 3.21. The largest absolute Gasteiger partial charge is 0.471 e. The summed E-state index contributed by atoms with van der Waals surface area (Å²) in [7, 11) is 1.73. The van der Waals surface area contributed by atoms with Crippen LogP contribution in [-0.4, -0.2) is 19.8 Å². The van der Waals surface area contributed by atoms with Gasteiger partial charge in [0.25, 0.3) is 0 Å². The van der Waals surface area contributed by atoms with E-state index in [1.807, 2.05) is 25.1 Å². The van der Waals surface area contributed by atoms with Gasteiger partial charge in [-0.3, -0.25) is 4.90 Å². The maximum Gasteiger partial charge on any atom is 0.324 e. The lowest BCUT2D eigenvalue weighted by molar-refractivity contribution is 0.235. The van der Waals surface area contributed by atoms with Crippen molar-refractivity contribution in [3.63, 3.8) is 0 Å². The van der Waals surface area contributed by atoms with Crippen LogP contribution >= 0.6 is 0 Å². The Labute approximate surface area is 82.5 Å². The van der Waals surface area contributed by atoms with Crippen LogP contribution in [0.4, 0.5) is 10.5 Å². The minimum Gasteiger partial charge on any atom is -0.471 e. The summed E-state index contributed by atoms with van der Waals surface area (Å²) in [6.07, 6.45) is 0. The first kappa shape index (κ1) is 8.87. The van der Waals surface area contributed by atoms with Gasteiger partial charge >= 0.3 is 6.03 Å². The Balaban J connectivity index is 2.55. The molecule has 0 spiro atoms. The van der Waals surface area contributed by atoms with Gasteiger partial charge in [-0.25, -0.2) is 4.79 Å². The van der Waals surface area contributed by atoms with E-state index in [-0.39, 0.29) is 12.8 Å². The van der Waals surface area contributed by atoms with Crippen LogP contribution in [0.2, 0.25) is 0 Å². The summed E-state index contributed by atoms with van der Waals surface area (Å²) in [6, 6.07) is 5.59. The molecule has 0 unspecified atom stereocenters. The lowest BCUT2D eigenvalue weighted by Gasteiger charge is -2.17. The number of amides is 2. The summed E-state index contributed by atoms with van der Waals surface area (Å²) in [6.45, 7) is 2.18. The maximum atomic E-state index is 11.5. The molecule has 0 aliphatic carbocycles. The molecule has 0 aromatic heterocycles. The highest BCUT2D eigenvalue weighted by molar-refractivity contribution is 5.94. The Kier molecular flexibility index (Phi) is 2.04. The van der Waals surface area contributed by atoms with Crippen molar-refractivity contribution in [2.75, 3.05) is 18.7 Å². The number of hydrogen-bond donors (Lipinski definition) is 1. The van der Waals surface area contributed by atoms with Gasteiger partial charge in [0.2, 0.25) is 0 Å². The van der Waals surface area contributed by atoms with Gasteiger partial charge in [-0.05, 0) is 18.6 Å². The van der Waals surface area contributed by atoms with Gasteiger partial charge in [-0.2, -0.15) is 0 Å². The third kappa shape index (κ3) is 1.28. The Hall–Kier alpha value is -1.71. The minimum atomic E-state index is -0.141. The SMILES string of the molecule is Cc1cccc2c1N(C)C(=O)NCO2. The highest BCUT2D eigenvalue weighted by Gasteiger charge is 2.20. The van der Waals surface area contributed by atoms with Crippen LogP contribution in [0.3, 0.4) is 0 Å². The third-order valence-corrected chi connectivity index (χ3v) is 2.29. The smallest absolute Gasteiger partial charge is 0.324 e. The summed E-state index contributed by atoms with van der Waals surface area (Å²) in [5, 5.41) is 2.63. The predicted octanol–water partition coefficient (Wildman–Crippen LogP) is 1.49. The molecule has 1 N–H and O–H groups in total. The van der Waals surface area contributed by atoms with Crippen molar-refractivity contribution in [2.45, 2.75) is 6.92 Å². The van der Waals surface area contributed by atoms with Crippen LogP contribution < -0.4 is 15.0 Å². The highest BCUT2D eigenvalue weighted by atomic mass is 16.5. The number of ether oxygens (including phenoxy) is 1. The number of benzene rings is 1. The molecular formula is C10H12N2O2. The zero-order chi connectivity index (χ0) is 10.1. The molecule has 14 heavy (non-hydrogen) atoms. The number of nitrogens with one attached hydrogen (secondary N) is 1. The minimum absolute atomic E-state index is 0.141. The Bertz CT molecular complexity index is 376. The first-order valence-corrected chi connectivity index (χ1v) is 4.44. The number of carbonyl (C=O) groups excluding carboxylic acids is 1. The van der Waals surface area contributed by atoms with E-state index >= 15 is 0 Å². The second-order valence-electron chi connectivity index (χ2n) is 3.25. The molecule has 0 saturated carbocycles. The summed E-state index contributed by atoms with van der Waals surface area (Å²) in [5.74, 6) is 0.742. The van der Waals surface area contributed by atoms with Gasteiger partial charge in [-0.1, -0.05) is 12.1 Å². The molecule has 0 fully saturated rings. The number of para-hydroxylation sites is 1. The number of aryl methyl sites for hydroxylation is 1. The number of anilines is 1. The van der Waals surface area contributed by atoms with Crippen LogP contribution in [0.25, 0.3) is 0 Å². The average Bonchev–Trinajstić information content (AvgIpc) is 2.29. The Morgan fingerprint density at radius 3 is 3.07 bits per heavy atom. The van der Waals surface area contributed by atoms with Crippen molar-refractivity contribution in [1.82, 2.24) is 5.32 Å². The van der Waals surface area contributed by atoms with Crippen LogP contribution in [0.1, 0.15) is 5.56 Å². The van der Waals surface area contributed by atoms with Gasteiger partial charge in [-0.15, -0.1) is 0 Å². The lowest BCUT2D eigenvalue weighted by atomic mass is 10.1. The fourth-order valence-electron chi connectivity index (χ4n) is 1.57. The number of urea groups is 1. The zero-order valence-electron chi connectivity index (χ0n) is 8.20. The summed E-state index contributed by atoms with van der Waals surface area (Å²) in [5.41, 5.74) is 1.87. The molecule has 2 rings (SSSR count). The Morgan fingerprint density at radius 2 is 2.29 bits per heavy atom. The van der Waals surface area contributed by atoms with E-state index in [1.54, 1.807) is 11.9 Å². The van der Waals surface area contributed by atoms with Crippen LogP contribution in [0.5, 0.6) is 5.75 Å². The summed E-state index contributed by atoms with van der Waals surface area (Å²) < 4.78 is 5.40. The monoisotopic (exact) mass is 192 g/mol. The fourth-order valence-corrected chi connectivity index (χ4v) is 1.57. The number of nitrogens with zero attached hydrogens (tertiary/aromatic N) is 1. The standard InChI is InChI=1S/C10H12N2O2/c1-7-4-3-5-8-9(7)12(2)10(13)11-6-14-8/h3-5H,6H2,1-2H3,(H,11,13). The van der Waals surface area contributed by atoms with Gasteiger partial charge < -0.3 is 10.1 Å². The molecule has 4 heteroatoms. The van der Waals surface area contributed by atoms with Crippen LogP contribution in [-0.2, 0) is 0 Å². The van der Waals surface area contributed by atoms with E-state index in [0.717, 1.165) is 17.0 Å². The van der Waals surface area contributed by atoms with Gasteiger partial charge in [0.1, 0.15) is 5.75 Å². The van der Waals surface area contributed by atoms with Crippen molar-refractivity contribution in [2.24, 2.45) is 0 Å². The van der Waals surface area contributed by atoms with Gasteiger partial charge in [0.05, 0.1) is 5.69 Å². The van der Waals surface area contributed by atoms with E-state index in [2.05, 4.69) is 5.32 Å².